The molecule has 0 amide bonds. The largest absolute Gasteiger partial charge is 0.370 e. The van der Waals surface area contributed by atoms with Crippen LogP contribution < -0.4 is 4.90 Å². The molecule has 3 nitrogen and oxygen atoms in total. The van der Waals surface area contributed by atoms with Crippen molar-refractivity contribution in [2.45, 2.75) is 31.7 Å². The van der Waals surface area contributed by atoms with E-state index in [1.807, 2.05) is 12.1 Å². The lowest BCUT2D eigenvalue weighted by atomic mass is 10.1. The Morgan fingerprint density at radius 1 is 1.00 bits per heavy atom. The molecule has 2 fully saturated rings. The van der Waals surface area contributed by atoms with Gasteiger partial charge < -0.3 is 4.90 Å². The molecule has 0 N–H and O–H groups in total. The van der Waals surface area contributed by atoms with E-state index in [0.717, 1.165) is 24.7 Å². The lowest BCUT2D eigenvalue weighted by Gasteiger charge is -2.32. The normalized spacial score (nSPS) is 24.4. The average Bonchev–Trinajstić information content (AvgIpc) is 2.98. The van der Waals surface area contributed by atoms with E-state index in [-0.39, 0.29) is 0 Å². The molecular formula is C16H21N3. The van der Waals surface area contributed by atoms with Crippen molar-refractivity contribution in [2.75, 3.05) is 31.1 Å². The van der Waals surface area contributed by atoms with Crippen LogP contribution in [0.2, 0.25) is 0 Å². The minimum absolute atomic E-state index is 0.732. The predicted molar refractivity (Wildman–Crippen MR) is 77.2 cm³/mol. The van der Waals surface area contributed by atoms with E-state index < -0.39 is 0 Å². The zero-order valence-corrected chi connectivity index (χ0v) is 11.4. The first kappa shape index (κ1) is 12.5. The molecule has 2 aliphatic rings. The van der Waals surface area contributed by atoms with Crippen molar-refractivity contribution in [3.63, 3.8) is 0 Å². The molecule has 1 aromatic rings. The summed E-state index contributed by atoms with van der Waals surface area (Å²) in [6, 6.07) is 10.9. The second kappa shape index (κ2) is 5.63. The van der Waals surface area contributed by atoms with Crippen LogP contribution in [0.1, 0.15) is 31.2 Å². The van der Waals surface area contributed by atoms with Gasteiger partial charge in [-0.05, 0) is 56.6 Å². The van der Waals surface area contributed by atoms with Crippen molar-refractivity contribution in [3.05, 3.63) is 29.8 Å². The van der Waals surface area contributed by atoms with Crippen molar-refractivity contribution in [1.29, 1.82) is 5.26 Å². The van der Waals surface area contributed by atoms with Gasteiger partial charge >= 0.3 is 0 Å². The van der Waals surface area contributed by atoms with Gasteiger partial charge in [-0.3, -0.25) is 4.90 Å². The summed E-state index contributed by atoms with van der Waals surface area (Å²) in [6.45, 7) is 4.86. The Kier molecular flexibility index (Phi) is 3.70. The number of nitrogens with zero attached hydrogens (tertiary/aromatic N) is 3. The molecule has 0 aromatic heterocycles. The summed E-state index contributed by atoms with van der Waals surface area (Å²) in [5, 5.41) is 8.84. The van der Waals surface area contributed by atoms with E-state index in [2.05, 4.69) is 28.0 Å². The first-order chi connectivity index (χ1) is 9.36. The van der Waals surface area contributed by atoms with Crippen molar-refractivity contribution >= 4 is 5.69 Å². The monoisotopic (exact) mass is 255 g/mol. The number of hydrogen-bond donors (Lipinski definition) is 0. The highest BCUT2D eigenvalue weighted by Crippen LogP contribution is 2.25. The molecule has 1 aromatic carbocycles. The van der Waals surface area contributed by atoms with Gasteiger partial charge in [0, 0.05) is 24.8 Å². The van der Waals surface area contributed by atoms with Crippen LogP contribution in [0.3, 0.4) is 0 Å². The molecule has 2 saturated heterocycles. The van der Waals surface area contributed by atoms with E-state index in [1.54, 1.807) is 0 Å². The Hall–Kier alpha value is -1.53. The van der Waals surface area contributed by atoms with Crippen molar-refractivity contribution < 1.29 is 0 Å². The van der Waals surface area contributed by atoms with Crippen LogP contribution in [-0.4, -0.2) is 37.1 Å². The minimum atomic E-state index is 0.732. The van der Waals surface area contributed by atoms with E-state index in [4.69, 9.17) is 5.26 Å². The highest BCUT2D eigenvalue weighted by molar-refractivity contribution is 5.50. The fourth-order valence-corrected chi connectivity index (χ4v) is 3.30. The zero-order chi connectivity index (χ0) is 13.1. The maximum Gasteiger partial charge on any atom is 0.0991 e. The quantitative estimate of drug-likeness (QED) is 0.814. The third-order valence-electron chi connectivity index (χ3n) is 4.43. The van der Waals surface area contributed by atoms with Crippen LogP contribution in [0, 0.1) is 11.3 Å². The lowest BCUT2D eigenvalue weighted by Crippen LogP contribution is -2.40. The first-order valence-electron chi connectivity index (χ1n) is 7.36. The van der Waals surface area contributed by atoms with Crippen LogP contribution in [-0.2, 0) is 0 Å². The van der Waals surface area contributed by atoms with Crippen LogP contribution in [0.4, 0.5) is 5.69 Å². The van der Waals surface area contributed by atoms with Gasteiger partial charge in [-0.1, -0.05) is 6.42 Å². The number of benzene rings is 1. The number of rotatable bonds is 2. The Morgan fingerprint density at radius 2 is 1.74 bits per heavy atom. The van der Waals surface area contributed by atoms with Gasteiger partial charge in [-0.2, -0.15) is 5.26 Å². The summed E-state index contributed by atoms with van der Waals surface area (Å²) >= 11 is 0. The van der Waals surface area contributed by atoms with Gasteiger partial charge in [0.2, 0.25) is 0 Å². The molecule has 3 heteroatoms. The second-order valence-corrected chi connectivity index (χ2v) is 5.64. The van der Waals surface area contributed by atoms with Gasteiger partial charge in [0.15, 0.2) is 0 Å². The number of nitriles is 1. The molecule has 19 heavy (non-hydrogen) atoms. The summed E-state index contributed by atoms with van der Waals surface area (Å²) in [4.78, 5) is 5.13. The molecule has 0 radical (unpaired) electrons. The van der Waals surface area contributed by atoms with Crippen molar-refractivity contribution in [1.82, 2.24) is 4.90 Å². The molecule has 3 rings (SSSR count). The van der Waals surface area contributed by atoms with Gasteiger partial charge in [-0.25, -0.2) is 0 Å². The summed E-state index contributed by atoms with van der Waals surface area (Å²) in [6.07, 6.45) is 5.42. The lowest BCUT2D eigenvalue weighted by molar-refractivity contribution is 0.175. The smallest absolute Gasteiger partial charge is 0.0991 e. The Bertz CT molecular complexity index is 454. The van der Waals surface area contributed by atoms with E-state index in [0.29, 0.717) is 0 Å². The van der Waals surface area contributed by atoms with Crippen LogP contribution in [0.25, 0.3) is 0 Å². The summed E-state index contributed by atoms with van der Waals surface area (Å²) in [5.41, 5.74) is 2.01. The molecule has 0 saturated carbocycles. The maximum atomic E-state index is 8.84. The summed E-state index contributed by atoms with van der Waals surface area (Å²) < 4.78 is 0. The molecule has 0 bridgehead atoms. The highest BCUT2D eigenvalue weighted by atomic mass is 15.3. The Labute approximate surface area is 115 Å². The molecule has 2 heterocycles. The average molecular weight is 255 g/mol. The molecule has 100 valence electrons. The van der Waals surface area contributed by atoms with Gasteiger partial charge in [0.05, 0.1) is 11.6 Å². The van der Waals surface area contributed by atoms with E-state index in [9.17, 15) is 0 Å². The minimum Gasteiger partial charge on any atom is -0.370 e. The second-order valence-electron chi connectivity index (χ2n) is 5.64. The third-order valence-corrected chi connectivity index (χ3v) is 4.43. The predicted octanol–water partition coefficient (Wildman–Crippen LogP) is 2.62. The maximum absolute atomic E-state index is 8.84. The first-order valence-corrected chi connectivity index (χ1v) is 7.36. The highest BCUT2D eigenvalue weighted by Gasteiger charge is 2.28. The third kappa shape index (κ3) is 2.74. The van der Waals surface area contributed by atoms with Gasteiger partial charge in [0.1, 0.15) is 0 Å². The number of hydrogen-bond acceptors (Lipinski definition) is 3. The molecule has 0 aliphatic carbocycles. The summed E-state index contributed by atoms with van der Waals surface area (Å²) in [5.74, 6) is 0. The van der Waals surface area contributed by atoms with Crippen molar-refractivity contribution in [2.24, 2.45) is 0 Å². The van der Waals surface area contributed by atoms with Crippen molar-refractivity contribution in [3.8, 4) is 6.07 Å². The standard InChI is InChI=1S/C16H21N3/c17-12-14-4-6-15(7-5-14)19-11-8-16(13-19)18-9-2-1-3-10-18/h4-7,16H,1-3,8-11,13H2. The Morgan fingerprint density at radius 3 is 2.42 bits per heavy atom. The summed E-state index contributed by atoms with van der Waals surface area (Å²) in [7, 11) is 0. The molecule has 1 atom stereocenters. The fraction of sp³-hybridized carbons (Fsp3) is 0.562. The fourth-order valence-electron chi connectivity index (χ4n) is 3.30. The van der Waals surface area contributed by atoms with Crippen LogP contribution >= 0.6 is 0 Å². The van der Waals surface area contributed by atoms with Gasteiger partial charge in [-0.15, -0.1) is 0 Å². The van der Waals surface area contributed by atoms with E-state index >= 15 is 0 Å². The number of anilines is 1. The van der Waals surface area contributed by atoms with Crippen LogP contribution in [0.5, 0.6) is 0 Å². The molecular weight excluding hydrogens is 234 g/mol. The van der Waals surface area contributed by atoms with Crippen LogP contribution in [0.15, 0.2) is 24.3 Å². The number of piperidine rings is 1. The molecule has 2 aliphatic heterocycles. The SMILES string of the molecule is N#Cc1ccc(N2CCC(N3CCCCC3)C2)cc1. The van der Waals surface area contributed by atoms with Gasteiger partial charge in [0.25, 0.3) is 0 Å². The van der Waals surface area contributed by atoms with E-state index in [1.165, 1.54) is 44.5 Å². The number of likely N-dealkylation sites (tertiary alicyclic amines) is 1. The molecule has 0 spiro atoms. The molecule has 1 unspecified atom stereocenters. The Balaban J connectivity index is 1.63. The zero-order valence-electron chi connectivity index (χ0n) is 11.4. The topological polar surface area (TPSA) is 30.3 Å².